The molecule has 2 aromatic carbocycles. The van der Waals surface area contributed by atoms with Gasteiger partial charge in [-0.25, -0.2) is 4.79 Å². The van der Waals surface area contributed by atoms with Gasteiger partial charge in [-0.1, -0.05) is 36.4 Å². The second kappa shape index (κ2) is 8.69. The van der Waals surface area contributed by atoms with Gasteiger partial charge >= 0.3 is 5.97 Å². The van der Waals surface area contributed by atoms with Crippen LogP contribution in [0, 0.1) is 0 Å². The van der Waals surface area contributed by atoms with Crippen molar-refractivity contribution < 1.29 is 19.1 Å². The maximum absolute atomic E-state index is 12.7. The van der Waals surface area contributed by atoms with Gasteiger partial charge in [0.25, 0.3) is 5.91 Å². The van der Waals surface area contributed by atoms with Crippen LogP contribution in [0.5, 0.6) is 5.75 Å². The number of hydrogen-bond donors (Lipinski definition) is 1. The highest BCUT2D eigenvalue weighted by Gasteiger charge is 2.27. The normalized spacial score (nSPS) is 13.4. The number of carbonyl (C=O) groups excluding carboxylic acids is 2. The van der Waals surface area contributed by atoms with Gasteiger partial charge in [-0.15, -0.1) is 17.9 Å². The lowest BCUT2D eigenvalue weighted by atomic mass is 10.1. The van der Waals surface area contributed by atoms with E-state index in [1.165, 1.54) is 11.3 Å². The molecule has 0 aliphatic carbocycles. The smallest absolute Gasteiger partial charge is 0.341 e. The molecule has 154 valence electrons. The van der Waals surface area contributed by atoms with Gasteiger partial charge in [-0.05, 0) is 19.1 Å². The van der Waals surface area contributed by atoms with E-state index in [0.29, 0.717) is 22.9 Å². The third-order valence-electron chi connectivity index (χ3n) is 4.81. The fourth-order valence-electron chi connectivity index (χ4n) is 3.46. The van der Waals surface area contributed by atoms with Crippen molar-refractivity contribution in [2.75, 3.05) is 25.2 Å². The first kappa shape index (κ1) is 20.1. The number of benzene rings is 2. The van der Waals surface area contributed by atoms with Crippen LogP contribution in [0.1, 0.15) is 33.2 Å². The Labute approximate surface area is 178 Å². The Balaban J connectivity index is 1.77. The Bertz CT molecular complexity index is 1110. The molecule has 0 unspecified atom stereocenters. The van der Waals surface area contributed by atoms with E-state index in [2.05, 4.69) is 16.8 Å². The first-order valence-electron chi connectivity index (χ1n) is 9.70. The van der Waals surface area contributed by atoms with Crippen LogP contribution in [0.2, 0.25) is 0 Å². The van der Waals surface area contributed by atoms with Crippen LogP contribution in [0.15, 0.2) is 55.1 Å². The Morgan fingerprint density at radius 2 is 2.07 bits per heavy atom. The zero-order chi connectivity index (χ0) is 21.1. The van der Waals surface area contributed by atoms with E-state index in [1.54, 1.807) is 31.2 Å². The van der Waals surface area contributed by atoms with E-state index < -0.39 is 5.97 Å². The average Bonchev–Trinajstić information content (AvgIpc) is 3.13. The highest BCUT2D eigenvalue weighted by molar-refractivity contribution is 7.24. The van der Waals surface area contributed by atoms with Crippen LogP contribution in [-0.2, 0) is 11.3 Å². The molecule has 0 fully saturated rings. The second-order valence-electron chi connectivity index (χ2n) is 6.85. The average molecular weight is 423 g/mol. The summed E-state index contributed by atoms with van der Waals surface area (Å²) in [5, 5.41) is 4.07. The summed E-state index contributed by atoms with van der Waals surface area (Å²) in [6.45, 7) is 7.69. The Hall–Kier alpha value is -3.16. The fourth-order valence-corrected chi connectivity index (χ4v) is 4.67. The summed E-state index contributed by atoms with van der Waals surface area (Å²) in [5.41, 5.74) is 1.91. The predicted molar refractivity (Wildman–Crippen MR) is 118 cm³/mol. The molecule has 1 aliphatic heterocycles. The Morgan fingerprint density at radius 1 is 1.27 bits per heavy atom. The molecule has 1 amide bonds. The lowest BCUT2D eigenvalue weighted by molar-refractivity contribution is 0.0530. The zero-order valence-corrected chi connectivity index (χ0v) is 17.5. The molecule has 30 heavy (non-hydrogen) atoms. The predicted octanol–water partition coefficient (Wildman–Crippen LogP) is 4.67. The van der Waals surface area contributed by atoms with E-state index in [9.17, 15) is 9.59 Å². The summed E-state index contributed by atoms with van der Waals surface area (Å²) in [6.07, 6.45) is 1.84. The van der Waals surface area contributed by atoms with Crippen LogP contribution >= 0.6 is 11.3 Å². The van der Waals surface area contributed by atoms with Crippen LogP contribution in [0.25, 0.3) is 10.1 Å². The quantitative estimate of drug-likeness (QED) is 0.462. The molecule has 0 atom stereocenters. The molecule has 6 nitrogen and oxygen atoms in total. The molecular weight excluding hydrogens is 400 g/mol. The summed E-state index contributed by atoms with van der Waals surface area (Å²) >= 11 is 1.33. The molecule has 1 aromatic heterocycles. The minimum atomic E-state index is -0.462. The lowest BCUT2D eigenvalue weighted by Crippen LogP contribution is -2.31. The molecule has 0 saturated carbocycles. The number of hydrogen-bond acceptors (Lipinski definition) is 6. The molecular formula is C23H22N2O4S. The molecule has 2 heterocycles. The molecule has 4 rings (SSSR count). The summed E-state index contributed by atoms with van der Waals surface area (Å²) in [7, 11) is 0. The van der Waals surface area contributed by atoms with Crippen molar-refractivity contribution in [1.82, 2.24) is 4.90 Å². The SMILES string of the molecule is C=CCN1COc2c(ccc3c(C(=O)OCC)c(NC(=O)c4ccccc4)sc23)C1. The highest BCUT2D eigenvalue weighted by Crippen LogP contribution is 2.44. The standard InChI is InChI=1S/C23H22N2O4S/c1-3-12-25-13-16-10-11-17-18(23(27)28-4-2)22(30-20(17)19(16)29-14-25)24-21(26)15-8-6-5-7-9-15/h3,5-11H,1,4,12-14H2,2H3,(H,24,26). The first-order chi connectivity index (χ1) is 14.6. The summed E-state index contributed by atoms with van der Waals surface area (Å²) in [5.74, 6) is 0.0133. The van der Waals surface area contributed by atoms with Crippen molar-refractivity contribution in [3.05, 3.63) is 71.8 Å². The summed E-state index contributed by atoms with van der Waals surface area (Å²) < 4.78 is 12.1. The summed E-state index contributed by atoms with van der Waals surface area (Å²) in [4.78, 5) is 27.6. The van der Waals surface area contributed by atoms with E-state index >= 15 is 0 Å². The van der Waals surface area contributed by atoms with Gasteiger partial charge in [-0.3, -0.25) is 9.69 Å². The number of rotatable bonds is 6. The largest absolute Gasteiger partial charge is 0.476 e. The van der Waals surface area contributed by atoms with Crippen molar-refractivity contribution in [1.29, 1.82) is 0 Å². The topological polar surface area (TPSA) is 67.9 Å². The molecule has 3 aromatic rings. The Morgan fingerprint density at radius 3 is 2.80 bits per heavy atom. The van der Waals surface area contributed by atoms with Crippen molar-refractivity contribution >= 4 is 38.3 Å². The van der Waals surface area contributed by atoms with Gasteiger partial charge in [0.05, 0.1) is 11.3 Å². The summed E-state index contributed by atoms with van der Waals surface area (Å²) in [6, 6.07) is 12.8. The number of amides is 1. The second-order valence-corrected chi connectivity index (χ2v) is 7.87. The third kappa shape index (κ3) is 3.81. The van der Waals surface area contributed by atoms with Crippen LogP contribution in [0.4, 0.5) is 5.00 Å². The molecule has 1 aliphatic rings. The number of fused-ring (bicyclic) bond motifs is 3. The number of carbonyl (C=O) groups is 2. The first-order valence-corrected chi connectivity index (χ1v) is 10.5. The van der Waals surface area contributed by atoms with Crippen molar-refractivity contribution in [3.63, 3.8) is 0 Å². The maximum atomic E-state index is 12.7. The number of ether oxygens (including phenoxy) is 2. The number of anilines is 1. The van der Waals surface area contributed by atoms with Gasteiger partial charge in [0.1, 0.15) is 23.0 Å². The third-order valence-corrected chi connectivity index (χ3v) is 5.93. The van der Waals surface area contributed by atoms with Crippen LogP contribution in [0.3, 0.4) is 0 Å². The monoisotopic (exact) mass is 422 g/mol. The lowest BCUT2D eigenvalue weighted by Gasteiger charge is -2.28. The van der Waals surface area contributed by atoms with Crippen molar-refractivity contribution in [3.8, 4) is 5.75 Å². The van der Waals surface area contributed by atoms with Crippen LogP contribution < -0.4 is 10.1 Å². The van der Waals surface area contributed by atoms with Gasteiger partial charge in [0.15, 0.2) is 0 Å². The van der Waals surface area contributed by atoms with Gasteiger partial charge in [-0.2, -0.15) is 0 Å². The fraction of sp³-hybridized carbons (Fsp3) is 0.217. The zero-order valence-electron chi connectivity index (χ0n) is 16.6. The number of nitrogens with one attached hydrogen (secondary N) is 1. The van der Waals surface area contributed by atoms with Gasteiger partial charge in [0.2, 0.25) is 0 Å². The molecule has 0 spiro atoms. The number of nitrogens with zero attached hydrogens (tertiary/aromatic N) is 1. The van der Waals surface area contributed by atoms with Crippen molar-refractivity contribution in [2.24, 2.45) is 0 Å². The highest BCUT2D eigenvalue weighted by atomic mass is 32.1. The van der Waals surface area contributed by atoms with E-state index in [4.69, 9.17) is 9.47 Å². The maximum Gasteiger partial charge on any atom is 0.341 e. The van der Waals surface area contributed by atoms with E-state index in [-0.39, 0.29) is 12.5 Å². The molecule has 0 bridgehead atoms. The van der Waals surface area contributed by atoms with E-state index in [0.717, 1.165) is 34.5 Å². The number of thiophene rings is 1. The molecule has 0 radical (unpaired) electrons. The Kier molecular flexibility index (Phi) is 5.83. The van der Waals surface area contributed by atoms with Crippen LogP contribution in [-0.4, -0.2) is 36.7 Å². The number of esters is 1. The van der Waals surface area contributed by atoms with Gasteiger partial charge < -0.3 is 14.8 Å². The molecule has 0 saturated heterocycles. The van der Waals surface area contributed by atoms with E-state index in [1.807, 2.05) is 24.3 Å². The van der Waals surface area contributed by atoms with Crippen molar-refractivity contribution in [2.45, 2.75) is 13.5 Å². The molecule has 7 heteroatoms. The minimum Gasteiger partial charge on any atom is -0.476 e. The minimum absolute atomic E-state index is 0.250. The molecule has 1 N–H and O–H groups in total. The van der Waals surface area contributed by atoms with Gasteiger partial charge in [0, 0.05) is 29.6 Å².